The molecule has 1 aromatic heterocycles. The van der Waals surface area contributed by atoms with Crippen molar-refractivity contribution >= 4 is 19.9 Å². The fourth-order valence-corrected chi connectivity index (χ4v) is 3.87. The summed E-state index contributed by atoms with van der Waals surface area (Å²) in [5, 5.41) is 5.02. The number of sulfone groups is 1. The van der Waals surface area contributed by atoms with Gasteiger partial charge < -0.3 is 4.57 Å². The molecule has 0 aliphatic rings. The Hall–Kier alpha value is -2.70. The number of rotatable bonds is 4. The maximum Gasteiger partial charge on any atom is 0.501 e. The van der Waals surface area contributed by atoms with Crippen molar-refractivity contribution in [2.45, 2.75) is 15.3 Å². The van der Waals surface area contributed by atoms with Crippen molar-refractivity contribution in [3.8, 4) is 16.9 Å². The average Bonchev–Trinajstić information content (AvgIpc) is 3.07. The number of hydrogen-bond acceptors (Lipinski definition) is 4. The van der Waals surface area contributed by atoms with Crippen LogP contribution in [0, 0.1) is 5.82 Å². The number of primary sulfonamides is 1. The molecule has 0 bridgehead atoms. The lowest BCUT2D eigenvalue weighted by Gasteiger charge is -2.10. The summed E-state index contributed by atoms with van der Waals surface area (Å²) in [6, 6.07) is 10.2. The molecule has 0 unspecified atom stereocenters. The van der Waals surface area contributed by atoms with Crippen LogP contribution in [-0.2, 0) is 19.9 Å². The molecule has 0 saturated carbocycles. The fraction of sp³-hybridized carbons (Fsp3) is 0.0588. The minimum atomic E-state index is -5.64. The van der Waals surface area contributed by atoms with E-state index in [1.54, 1.807) is 0 Å². The number of sulfonamides is 1. The third kappa shape index (κ3) is 4.04. The van der Waals surface area contributed by atoms with Crippen LogP contribution < -0.4 is 5.14 Å². The molecule has 3 rings (SSSR count). The lowest BCUT2D eigenvalue weighted by molar-refractivity contribution is -0.0436. The second-order valence-electron chi connectivity index (χ2n) is 5.93. The van der Waals surface area contributed by atoms with Crippen LogP contribution in [0.4, 0.5) is 17.6 Å². The van der Waals surface area contributed by atoms with Crippen LogP contribution in [0.5, 0.6) is 0 Å². The van der Waals surface area contributed by atoms with Gasteiger partial charge in [-0.2, -0.15) is 13.2 Å². The zero-order chi connectivity index (χ0) is 21.6. The SMILES string of the molecule is NS(=O)(=O)c1ccc(-c2cc(S(=O)(=O)C(F)(F)F)cn2-c2ccc(F)cc2)cc1. The maximum absolute atomic E-state index is 13.2. The van der Waals surface area contributed by atoms with Gasteiger partial charge >= 0.3 is 5.51 Å². The van der Waals surface area contributed by atoms with Crippen LogP contribution in [0.1, 0.15) is 0 Å². The summed E-state index contributed by atoms with van der Waals surface area (Å²) in [6.45, 7) is 0. The Morgan fingerprint density at radius 3 is 1.86 bits per heavy atom. The molecule has 0 spiro atoms. The fourth-order valence-electron chi connectivity index (χ4n) is 2.57. The van der Waals surface area contributed by atoms with Crippen molar-refractivity contribution < 1.29 is 34.4 Å². The van der Waals surface area contributed by atoms with E-state index < -0.39 is 36.1 Å². The van der Waals surface area contributed by atoms with E-state index in [1.165, 1.54) is 24.3 Å². The standard InChI is InChI=1S/C17H12F4N2O4S2/c18-12-3-5-13(6-4-12)23-10-15(28(24,25)17(19,20)21)9-16(23)11-1-7-14(8-2-11)29(22,26)27/h1-10H,(H2,22,26,27). The Morgan fingerprint density at radius 1 is 0.828 bits per heavy atom. The Bertz CT molecular complexity index is 1260. The second-order valence-corrected chi connectivity index (χ2v) is 9.43. The first-order chi connectivity index (χ1) is 13.3. The first kappa shape index (κ1) is 21.0. The van der Waals surface area contributed by atoms with Gasteiger partial charge in [0.15, 0.2) is 0 Å². The number of hydrogen-bond donors (Lipinski definition) is 1. The predicted octanol–water partition coefficient (Wildman–Crippen LogP) is 3.22. The highest BCUT2D eigenvalue weighted by atomic mass is 32.2. The number of halogens is 4. The van der Waals surface area contributed by atoms with Crippen LogP contribution in [0.25, 0.3) is 16.9 Å². The summed E-state index contributed by atoms with van der Waals surface area (Å²) in [6.07, 6.45) is 0.763. The Kier molecular flexibility index (Phi) is 5.05. The minimum Gasteiger partial charge on any atom is -0.315 e. The van der Waals surface area contributed by atoms with Crippen molar-refractivity contribution in [2.75, 3.05) is 0 Å². The van der Waals surface area contributed by atoms with Crippen molar-refractivity contribution in [1.82, 2.24) is 4.57 Å². The monoisotopic (exact) mass is 448 g/mol. The molecule has 3 aromatic rings. The Labute approximate surface area is 163 Å². The van der Waals surface area contributed by atoms with Gasteiger partial charge in [0, 0.05) is 11.9 Å². The summed E-state index contributed by atoms with van der Waals surface area (Å²) in [5.41, 5.74) is -5.09. The summed E-state index contributed by atoms with van der Waals surface area (Å²) in [7, 11) is -9.64. The third-order valence-corrected chi connectivity index (χ3v) is 6.38. The highest BCUT2D eigenvalue weighted by Crippen LogP contribution is 2.35. The number of aromatic nitrogens is 1. The smallest absolute Gasteiger partial charge is 0.315 e. The molecule has 154 valence electrons. The van der Waals surface area contributed by atoms with E-state index in [4.69, 9.17) is 5.14 Å². The topological polar surface area (TPSA) is 99.2 Å². The van der Waals surface area contributed by atoms with Gasteiger partial charge in [-0.25, -0.2) is 26.4 Å². The van der Waals surface area contributed by atoms with E-state index in [1.807, 2.05) is 0 Å². The van der Waals surface area contributed by atoms with Gasteiger partial charge in [0.1, 0.15) is 5.82 Å². The van der Waals surface area contributed by atoms with E-state index >= 15 is 0 Å². The van der Waals surface area contributed by atoms with Crippen molar-refractivity contribution in [2.24, 2.45) is 5.14 Å². The molecule has 29 heavy (non-hydrogen) atoms. The molecule has 1 heterocycles. The van der Waals surface area contributed by atoms with E-state index in [9.17, 15) is 34.4 Å². The molecule has 0 aliphatic heterocycles. The lowest BCUT2D eigenvalue weighted by Crippen LogP contribution is -2.22. The molecule has 0 atom stereocenters. The van der Waals surface area contributed by atoms with Gasteiger partial charge in [-0.05, 0) is 48.0 Å². The molecule has 0 saturated heterocycles. The molecule has 2 N–H and O–H groups in total. The summed E-state index contributed by atoms with van der Waals surface area (Å²) >= 11 is 0. The highest BCUT2D eigenvalue weighted by molar-refractivity contribution is 7.92. The minimum absolute atomic E-state index is 0.0143. The van der Waals surface area contributed by atoms with E-state index in [0.29, 0.717) is 0 Å². The quantitative estimate of drug-likeness (QED) is 0.620. The predicted molar refractivity (Wildman–Crippen MR) is 95.8 cm³/mol. The molecule has 12 heteroatoms. The van der Waals surface area contributed by atoms with Gasteiger partial charge in [-0.1, -0.05) is 12.1 Å². The lowest BCUT2D eigenvalue weighted by atomic mass is 10.1. The number of nitrogens with zero attached hydrogens (tertiary/aromatic N) is 1. The molecular formula is C17H12F4N2O4S2. The Balaban J connectivity index is 2.23. The van der Waals surface area contributed by atoms with Crippen LogP contribution in [0.3, 0.4) is 0 Å². The zero-order valence-corrected chi connectivity index (χ0v) is 15.9. The van der Waals surface area contributed by atoms with Crippen molar-refractivity contribution in [3.63, 3.8) is 0 Å². The van der Waals surface area contributed by atoms with E-state index in [0.717, 1.165) is 41.1 Å². The van der Waals surface area contributed by atoms with Crippen molar-refractivity contribution in [3.05, 3.63) is 66.6 Å². The summed E-state index contributed by atoms with van der Waals surface area (Å²) in [5.74, 6) is -0.594. The van der Waals surface area contributed by atoms with Crippen LogP contribution in [-0.4, -0.2) is 26.9 Å². The molecule has 0 fully saturated rings. The van der Waals surface area contributed by atoms with Crippen molar-refractivity contribution in [1.29, 1.82) is 0 Å². The van der Waals surface area contributed by atoms with E-state index in [2.05, 4.69) is 0 Å². The molecule has 6 nitrogen and oxygen atoms in total. The van der Waals surface area contributed by atoms with Gasteiger partial charge in [0.25, 0.3) is 9.84 Å². The molecular weight excluding hydrogens is 436 g/mol. The van der Waals surface area contributed by atoms with Gasteiger partial charge in [-0.3, -0.25) is 0 Å². The van der Waals surface area contributed by atoms with E-state index in [-0.39, 0.29) is 21.8 Å². The summed E-state index contributed by atoms with van der Waals surface area (Å²) in [4.78, 5) is -1.25. The zero-order valence-electron chi connectivity index (χ0n) is 14.3. The molecule has 2 aromatic carbocycles. The second kappa shape index (κ2) is 6.97. The van der Waals surface area contributed by atoms with Gasteiger partial charge in [0.2, 0.25) is 10.0 Å². The summed E-state index contributed by atoms with van der Waals surface area (Å²) < 4.78 is 99.7. The number of nitrogens with two attached hydrogens (primary N) is 1. The number of alkyl halides is 3. The number of benzene rings is 2. The Morgan fingerprint density at radius 2 is 1.38 bits per heavy atom. The normalized spacial score (nSPS) is 12.9. The van der Waals surface area contributed by atoms with Crippen LogP contribution >= 0.6 is 0 Å². The largest absolute Gasteiger partial charge is 0.501 e. The molecule has 0 amide bonds. The van der Waals surface area contributed by atoms with Crippen LogP contribution in [0.15, 0.2) is 70.6 Å². The first-order valence-corrected chi connectivity index (χ1v) is 10.8. The van der Waals surface area contributed by atoms with Gasteiger partial charge in [0.05, 0.1) is 15.5 Å². The van der Waals surface area contributed by atoms with Gasteiger partial charge in [-0.15, -0.1) is 0 Å². The molecule has 0 radical (unpaired) electrons. The first-order valence-electron chi connectivity index (χ1n) is 7.73. The van der Waals surface area contributed by atoms with Crippen LogP contribution in [0.2, 0.25) is 0 Å². The third-order valence-electron chi connectivity index (χ3n) is 3.99. The average molecular weight is 448 g/mol. The molecule has 0 aliphatic carbocycles. The highest BCUT2D eigenvalue weighted by Gasteiger charge is 2.47. The maximum atomic E-state index is 13.2.